The Balaban J connectivity index is 1.74. The van der Waals surface area contributed by atoms with Gasteiger partial charge in [0.1, 0.15) is 0 Å². The van der Waals surface area contributed by atoms with Crippen molar-refractivity contribution < 1.29 is 0 Å². The predicted molar refractivity (Wildman–Crippen MR) is 86.8 cm³/mol. The molecule has 1 aromatic carbocycles. The minimum atomic E-state index is 0.459. The predicted octanol–water partition coefficient (Wildman–Crippen LogP) is 2.89. The van der Waals surface area contributed by atoms with Gasteiger partial charge in [-0.25, -0.2) is 9.97 Å². The molecule has 1 aliphatic heterocycles. The second kappa shape index (κ2) is 6.12. The second-order valence-electron chi connectivity index (χ2n) is 5.69. The Kier molecular flexibility index (Phi) is 4.04. The van der Waals surface area contributed by atoms with Crippen molar-refractivity contribution in [3.63, 3.8) is 0 Å². The van der Waals surface area contributed by atoms with Gasteiger partial charge in [-0.05, 0) is 38.0 Å². The van der Waals surface area contributed by atoms with Gasteiger partial charge >= 0.3 is 0 Å². The van der Waals surface area contributed by atoms with Crippen LogP contribution in [0.25, 0.3) is 0 Å². The molecular weight excluding hydrogens is 260 g/mol. The first-order valence-corrected chi connectivity index (χ1v) is 7.56. The summed E-state index contributed by atoms with van der Waals surface area (Å²) < 4.78 is 0. The zero-order valence-electron chi connectivity index (χ0n) is 12.7. The van der Waals surface area contributed by atoms with Crippen LogP contribution in [0, 0.1) is 6.92 Å². The van der Waals surface area contributed by atoms with Gasteiger partial charge in [-0.3, -0.25) is 0 Å². The number of piperidine rings is 1. The standard InChI is InChI=1S/C17H22N4/c1-14-10-11-18-17(19-14)20(2)16-9-6-12-21(13-16)15-7-4-3-5-8-15/h3-5,7-8,10-11,16H,6,9,12-13H2,1-2H3. The number of benzene rings is 1. The van der Waals surface area contributed by atoms with Gasteiger partial charge in [-0.2, -0.15) is 0 Å². The molecule has 0 N–H and O–H groups in total. The highest BCUT2D eigenvalue weighted by atomic mass is 15.3. The molecule has 0 bridgehead atoms. The van der Waals surface area contributed by atoms with E-state index in [0.717, 1.165) is 24.7 Å². The minimum absolute atomic E-state index is 0.459. The Morgan fingerprint density at radius 3 is 2.76 bits per heavy atom. The molecule has 1 unspecified atom stereocenters. The number of nitrogens with zero attached hydrogens (tertiary/aromatic N) is 4. The number of hydrogen-bond acceptors (Lipinski definition) is 4. The van der Waals surface area contributed by atoms with E-state index in [1.807, 2.05) is 19.2 Å². The zero-order chi connectivity index (χ0) is 14.7. The van der Waals surface area contributed by atoms with Crippen molar-refractivity contribution in [2.75, 3.05) is 29.9 Å². The van der Waals surface area contributed by atoms with Crippen molar-refractivity contribution in [3.8, 4) is 0 Å². The second-order valence-corrected chi connectivity index (χ2v) is 5.69. The van der Waals surface area contributed by atoms with E-state index in [4.69, 9.17) is 0 Å². The van der Waals surface area contributed by atoms with Crippen LogP contribution in [0.2, 0.25) is 0 Å². The highest BCUT2D eigenvalue weighted by molar-refractivity contribution is 5.47. The van der Waals surface area contributed by atoms with Gasteiger partial charge in [0.2, 0.25) is 5.95 Å². The lowest BCUT2D eigenvalue weighted by molar-refractivity contribution is 0.483. The Morgan fingerprint density at radius 1 is 1.19 bits per heavy atom. The maximum absolute atomic E-state index is 4.54. The molecule has 1 atom stereocenters. The molecule has 0 amide bonds. The van der Waals surface area contributed by atoms with E-state index >= 15 is 0 Å². The molecule has 1 aromatic heterocycles. The fourth-order valence-corrected chi connectivity index (χ4v) is 2.91. The van der Waals surface area contributed by atoms with Gasteiger partial charge in [-0.1, -0.05) is 18.2 Å². The summed E-state index contributed by atoms with van der Waals surface area (Å²) in [6.07, 6.45) is 4.23. The van der Waals surface area contributed by atoms with E-state index in [9.17, 15) is 0 Å². The molecule has 1 saturated heterocycles. The van der Waals surface area contributed by atoms with E-state index in [1.165, 1.54) is 18.5 Å². The lowest BCUT2D eigenvalue weighted by Gasteiger charge is -2.38. The van der Waals surface area contributed by atoms with Crippen LogP contribution in [0.4, 0.5) is 11.6 Å². The van der Waals surface area contributed by atoms with Gasteiger partial charge in [0.25, 0.3) is 0 Å². The molecule has 3 rings (SSSR count). The fourth-order valence-electron chi connectivity index (χ4n) is 2.91. The van der Waals surface area contributed by atoms with Crippen LogP contribution in [0.1, 0.15) is 18.5 Å². The summed E-state index contributed by atoms with van der Waals surface area (Å²) in [5.74, 6) is 0.829. The lowest BCUT2D eigenvalue weighted by atomic mass is 10.0. The van der Waals surface area contributed by atoms with Gasteiger partial charge in [0.15, 0.2) is 0 Å². The first-order valence-electron chi connectivity index (χ1n) is 7.56. The Labute approximate surface area is 126 Å². The zero-order valence-corrected chi connectivity index (χ0v) is 12.7. The highest BCUT2D eigenvalue weighted by Gasteiger charge is 2.24. The third kappa shape index (κ3) is 3.15. The Bertz CT molecular complexity index is 584. The molecule has 1 fully saturated rings. The van der Waals surface area contributed by atoms with Gasteiger partial charge in [0, 0.05) is 43.8 Å². The van der Waals surface area contributed by atoms with E-state index < -0.39 is 0 Å². The maximum atomic E-state index is 4.54. The maximum Gasteiger partial charge on any atom is 0.225 e. The average Bonchev–Trinajstić information content (AvgIpc) is 2.55. The molecule has 4 nitrogen and oxygen atoms in total. The van der Waals surface area contributed by atoms with Crippen LogP contribution < -0.4 is 9.80 Å². The summed E-state index contributed by atoms with van der Waals surface area (Å²) in [6, 6.07) is 13.0. The van der Waals surface area contributed by atoms with E-state index in [-0.39, 0.29) is 0 Å². The van der Waals surface area contributed by atoms with Crippen molar-refractivity contribution >= 4 is 11.6 Å². The van der Waals surface area contributed by atoms with Crippen molar-refractivity contribution in [2.24, 2.45) is 0 Å². The van der Waals surface area contributed by atoms with Crippen molar-refractivity contribution in [1.82, 2.24) is 9.97 Å². The van der Waals surface area contributed by atoms with Crippen LogP contribution >= 0.6 is 0 Å². The van der Waals surface area contributed by atoms with Crippen LogP contribution in [0.3, 0.4) is 0 Å². The largest absolute Gasteiger partial charge is 0.369 e. The number of rotatable bonds is 3. The summed E-state index contributed by atoms with van der Waals surface area (Å²) in [4.78, 5) is 13.6. The summed E-state index contributed by atoms with van der Waals surface area (Å²) in [6.45, 7) is 4.16. The molecule has 21 heavy (non-hydrogen) atoms. The number of para-hydroxylation sites is 1. The summed E-state index contributed by atoms with van der Waals surface area (Å²) in [7, 11) is 2.11. The van der Waals surface area contributed by atoms with Gasteiger partial charge < -0.3 is 9.80 Å². The molecule has 0 radical (unpaired) electrons. The Morgan fingerprint density at radius 2 is 2.00 bits per heavy atom. The van der Waals surface area contributed by atoms with Crippen LogP contribution in [-0.2, 0) is 0 Å². The number of likely N-dealkylation sites (N-methyl/N-ethyl adjacent to an activating group) is 1. The molecule has 0 aliphatic carbocycles. The van der Waals surface area contributed by atoms with Crippen molar-refractivity contribution in [3.05, 3.63) is 48.3 Å². The summed E-state index contributed by atoms with van der Waals surface area (Å²) in [5, 5.41) is 0. The highest BCUT2D eigenvalue weighted by Crippen LogP contribution is 2.23. The van der Waals surface area contributed by atoms with Gasteiger partial charge in [0.05, 0.1) is 0 Å². The fraction of sp³-hybridized carbons (Fsp3) is 0.412. The SMILES string of the molecule is Cc1ccnc(N(C)C2CCCN(c3ccccc3)C2)n1. The van der Waals surface area contributed by atoms with Crippen molar-refractivity contribution in [2.45, 2.75) is 25.8 Å². The number of anilines is 2. The first-order chi connectivity index (χ1) is 10.2. The van der Waals surface area contributed by atoms with E-state index in [2.05, 4.69) is 57.1 Å². The van der Waals surface area contributed by atoms with Crippen LogP contribution in [0.5, 0.6) is 0 Å². The normalized spacial score (nSPS) is 18.6. The number of aryl methyl sites for hydroxylation is 1. The first kappa shape index (κ1) is 13.9. The van der Waals surface area contributed by atoms with Crippen LogP contribution in [0.15, 0.2) is 42.6 Å². The quantitative estimate of drug-likeness (QED) is 0.866. The monoisotopic (exact) mass is 282 g/mol. The molecule has 4 heteroatoms. The molecule has 0 saturated carbocycles. The van der Waals surface area contributed by atoms with Crippen LogP contribution in [-0.4, -0.2) is 36.1 Å². The van der Waals surface area contributed by atoms with Crippen molar-refractivity contribution in [1.29, 1.82) is 0 Å². The number of hydrogen-bond donors (Lipinski definition) is 0. The van der Waals surface area contributed by atoms with E-state index in [1.54, 1.807) is 0 Å². The average molecular weight is 282 g/mol. The topological polar surface area (TPSA) is 32.3 Å². The van der Waals surface area contributed by atoms with Gasteiger partial charge in [-0.15, -0.1) is 0 Å². The molecule has 2 aromatic rings. The molecule has 0 spiro atoms. The van der Waals surface area contributed by atoms with E-state index in [0.29, 0.717) is 6.04 Å². The molecule has 110 valence electrons. The molecular formula is C17H22N4. The minimum Gasteiger partial charge on any atom is -0.369 e. The third-order valence-electron chi connectivity index (χ3n) is 4.16. The Hall–Kier alpha value is -2.10. The molecule has 1 aliphatic rings. The smallest absolute Gasteiger partial charge is 0.225 e. The third-order valence-corrected chi connectivity index (χ3v) is 4.16. The molecule has 2 heterocycles. The summed E-state index contributed by atoms with van der Waals surface area (Å²) in [5.41, 5.74) is 2.32. The summed E-state index contributed by atoms with van der Waals surface area (Å²) >= 11 is 0. The number of aromatic nitrogens is 2. The lowest BCUT2D eigenvalue weighted by Crippen LogP contribution is -2.47.